The summed E-state index contributed by atoms with van der Waals surface area (Å²) in [4.78, 5) is 10.1. The predicted octanol–water partition coefficient (Wildman–Crippen LogP) is 3.34. The molecule has 0 amide bonds. The third kappa shape index (κ3) is 10.4. The van der Waals surface area contributed by atoms with Gasteiger partial charge in [0.25, 0.3) is 0 Å². The monoisotopic (exact) mass is 194 g/mol. The average Bonchev–Trinajstić information content (AvgIpc) is 2.21. The van der Waals surface area contributed by atoms with Gasteiger partial charge >= 0.3 is 5.97 Å². The molecule has 0 aromatic heterocycles. The van der Waals surface area contributed by atoms with E-state index >= 15 is 0 Å². The Hall–Kier alpha value is -1.57. The number of rotatable bonds is 4. The van der Waals surface area contributed by atoms with Crippen molar-refractivity contribution in [2.45, 2.75) is 20.8 Å². The van der Waals surface area contributed by atoms with E-state index in [2.05, 4.69) is 6.58 Å². The number of hydrogen-bond acceptors (Lipinski definition) is 1. The zero-order valence-corrected chi connectivity index (χ0v) is 9.03. The van der Waals surface area contributed by atoms with Crippen molar-refractivity contribution in [1.82, 2.24) is 0 Å². The molecule has 0 aliphatic carbocycles. The van der Waals surface area contributed by atoms with Gasteiger partial charge in [0.2, 0.25) is 0 Å². The van der Waals surface area contributed by atoms with Gasteiger partial charge in [0.05, 0.1) is 0 Å². The van der Waals surface area contributed by atoms with Gasteiger partial charge in [-0.15, -0.1) is 0 Å². The normalized spacial score (nSPS) is 11.2. The van der Waals surface area contributed by atoms with Crippen LogP contribution in [-0.4, -0.2) is 11.1 Å². The molecule has 0 rings (SSSR count). The zero-order valence-electron chi connectivity index (χ0n) is 9.03. The van der Waals surface area contributed by atoms with Crippen molar-refractivity contribution < 1.29 is 9.90 Å². The predicted molar refractivity (Wildman–Crippen MR) is 61.2 cm³/mol. The van der Waals surface area contributed by atoms with E-state index in [0.29, 0.717) is 0 Å². The van der Waals surface area contributed by atoms with Crippen LogP contribution < -0.4 is 0 Å². The summed E-state index contributed by atoms with van der Waals surface area (Å²) in [5, 5.41) is 8.33. The lowest BCUT2D eigenvalue weighted by Crippen LogP contribution is -1.85. The molecule has 78 valence electrons. The molecule has 2 nitrogen and oxygen atoms in total. The first-order valence-electron chi connectivity index (χ1n) is 4.57. The molecule has 0 aromatic carbocycles. The van der Waals surface area contributed by atoms with Crippen LogP contribution >= 0.6 is 0 Å². The van der Waals surface area contributed by atoms with Crippen LogP contribution in [-0.2, 0) is 4.79 Å². The SMILES string of the molecule is C=C\C=C/C(/C=C/C(=O)O)=C\C.CC. The lowest BCUT2D eigenvalue weighted by atomic mass is 10.2. The molecule has 1 N–H and O–H groups in total. The van der Waals surface area contributed by atoms with Crippen molar-refractivity contribution in [3.63, 3.8) is 0 Å². The fourth-order valence-corrected chi connectivity index (χ4v) is 0.595. The fourth-order valence-electron chi connectivity index (χ4n) is 0.595. The molecule has 0 aliphatic rings. The topological polar surface area (TPSA) is 37.3 Å². The number of carboxylic acid groups (broad SMARTS) is 1. The van der Waals surface area contributed by atoms with E-state index < -0.39 is 5.97 Å². The lowest BCUT2D eigenvalue weighted by Gasteiger charge is -1.88. The Bertz CT molecular complexity index is 245. The van der Waals surface area contributed by atoms with E-state index in [1.54, 1.807) is 18.2 Å². The average molecular weight is 194 g/mol. The van der Waals surface area contributed by atoms with Crippen LogP contribution in [0.4, 0.5) is 0 Å². The highest BCUT2D eigenvalue weighted by Gasteiger charge is 1.86. The number of carboxylic acids is 1. The minimum Gasteiger partial charge on any atom is -0.478 e. The number of hydrogen-bond donors (Lipinski definition) is 1. The highest BCUT2D eigenvalue weighted by atomic mass is 16.4. The Kier molecular flexibility index (Phi) is 12.2. The van der Waals surface area contributed by atoms with Crippen molar-refractivity contribution in [3.8, 4) is 0 Å². The van der Waals surface area contributed by atoms with Gasteiger partial charge in [-0.3, -0.25) is 0 Å². The molecule has 0 aromatic rings. The molecular formula is C12H18O2. The lowest BCUT2D eigenvalue weighted by molar-refractivity contribution is -0.131. The first kappa shape index (κ1) is 14.9. The van der Waals surface area contributed by atoms with Gasteiger partial charge in [0, 0.05) is 6.08 Å². The standard InChI is InChI=1S/C10H12O2.C2H6/c1-3-5-6-9(4-2)7-8-10(11)12;1-2/h3-8H,1H2,2H3,(H,11,12);1-2H3/b6-5-,8-7+,9-4+;. The van der Waals surface area contributed by atoms with E-state index in [9.17, 15) is 4.79 Å². The Balaban J connectivity index is 0. The Morgan fingerprint density at radius 1 is 1.21 bits per heavy atom. The van der Waals surface area contributed by atoms with Crippen molar-refractivity contribution in [2.24, 2.45) is 0 Å². The Morgan fingerprint density at radius 2 is 1.79 bits per heavy atom. The first-order chi connectivity index (χ1) is 6.70. The maximum atomic E-state index is 10.1. The maximum Gasteiger partial charge on any atom is 0.328 e. The molecule has 0 unspecified atom stereocenters. The van der Waals surface area contributed by atoms with Crippen LogP contribution in [0.5, 0.6) is 0 Å². The molecule has 2 heteroatoms. The van der Waals surface area contributed by atoms with Gasteiger partial charge in [-0.05, 0) is 18.6 Å². The highest BCUT2D eigenvalue weighted by Crippen LogP contribution is 1.98. The Labute approximate surface area is 86.0 Å². The van der Waals surface area contributed by atoms with Crippen molar-refractivity contribution in [2.75, 3.05) is 0 Å². The molecule has 0 fully saturated rings. The molecule has 0 saturated carbocycles. The van der Waals surface area contributed by atoms with Crippen molar-refractivity contribution in [3.05, 3.63) is 48.6 Å². The van der Waals surface area contributed by atoms with Crippen LogP contribution in [0.25, 0.3) is 0 Å². The largest absolute Gasteiger partial charge is 0.478 e. The van der Waals surface area contributed by atoms with Crippen LogP contribution in [0.15, 0.2) is 48.6 Å². The summed E-state index contributed by atoms with van der Waals surface area (Å²) in [6.07, 6.45) is 9.62. The summed E-state index contributed by atoms with van der Waals surface area (Å²) in [5.41, 5.74) is 0.845. The van der Waals surface area contributed by atoms with E-state index in [-0.39, 0.29) is 0 Å². The second-order valence-corrected chi connectivity index (χ2v) is 2.06. The van der Waals surface area contributed by atoms with Crippen LogP contribution in [0.3, 0.4) is 0 Å². The molecular weight excluding hydrogens is 176 g/mol. The highest BCUT2D eigenvalue weighted by molar-refractivity contribution is 5.80. The van der Waals surface area contributed by atoms with E-state index in [1.807, 2.05) is 26.8 Å². The van der Waals surface area contributed by atoms with Gasteiger partial charge < -0.3 is 5.11 Å². The first-order valence-corrected chi connectivity index (χ1v) is 4.57. The zero-order chi connectivity index (χ0) is 11.4. The summed E-state index contributed by atoms with van der Waals surface area (Å²) in [6, 6.07) is 0. The van der Waals surface area contributed by atoms with Crippen molar-refractivity contribution in [1.29, 1.82) is 0 Å². The second kappa shape index (κ2) is 11.4. The van der Waals surface area contributed by atoms with E-state index in [4.69, 9.17) is 5.11 Å². The molecule has 0 atom stereocenters. The minimum atomic E-state index is -0.943. The summed E-state index contributed by atoms with van der Waals surface area (Å²) in [5.74, 6) is -0.943. The number of carbonyl (C=O) groups is 1. The molecule has 0 heterocycles. The smallest absolute Gasteiger partial charge is 0.328 e. The van der Waals surface area contributed by atoms with Gasteiger partial charge in [-0.1, -0.05) is 44.7 Å². The van der Waals surface area contributed by atoms with Gasteiger partial charge in [-0.25, -0.2) is 4.79 Å². The van der Waals surface area contributed by atoms with Gasteiger partial charge in [0.15, 0.2) is 0 Å². The molecule has 0 radical (unpaired) electrons. The van der Waals surface area contributed by atoms with Crippen LogP contribution in [0.1, 0.15) is 20.8 Å². The molecule has 0 saturated heterocycles. The number of allylic oxidation sites excluding steroid dienone is 6. The molecule has 0 aliphatic heterocycles. The van der Waals surface area contributed by atoms with Crippen molar-refractivity contribution >= 4 is 5.97 Å². The van der Waals surface area contributed by atoms with Gasteiger partial charge in [-0.2, -0.15) is 0 Å². The molecule has 14 heavy (non-hydrogen) atoms. The summed E-state index contributed by atoms with van der Waals surface area (Å²) >= 11 is 0. The van der Waals surface area contributed by atoms with E-state index in [0.717, 1.165) is 11.6 Å². The molecule has 0 bridgehead atoms. The summed E-state index contributed by atoms with van der Waals surface area (Å²) < 4.78 is 0. The van der Waals surface area contributed by atoms with Crippen LogP contribution in [0.2, 0.25) is 0 Å². The third-order valence-corrected chi connectivity index (χ3v) is 1.18. The maximum absolute atomic E-state index is 10.1. The fraction of sp³-hybridized carbons (Fsp3) is 0.250. The minimum absolute atomic E-state index is 0.845. The second-order valence-electron chi connectivity index (χ2n) is 2.06. The van der Waals surface area contributed by atoms with E-state index in [1.165, 1.54) is 6.08 Å². The third-order valence-electron chi connectivity index (χ3n) is 1.18. The van der Waals surface area contributed by atoms with Crippen LogP contribution in [0, 0.1) is 0 Å². The summed E-state index contributed by atoms with van der Waals surface area (Å²) in [6.45, 7) is 9.35. The number of aliphatic carboxylic acids is 1. The van der Waals surface area contributed by atoms with Gasteiger partial charge in [0.1, 0.15) is 0 Å². The quantitative estimate of drug-likeness (QED) is 0.550. The Morgan fingerprint density at radius 3 is 2.14 bits per heavy atom. The summed E-state index contributed by atoms with van der Waals surface area (Å²) in [7, 11) is 0. The molecule has 0 spiro atoms.